The van der Waals surface area contributed by atoms with Gasteiger partial charge in [-0.2, -0.15) is 0 Å². The van der Waals surface area contributed by atoms with E-state index in [-0.39, 0.29) is 4.90 Å². The molecule has 23 heavy (non-hydrogen) atoms. The monoisotopic (exact) mass is 368 g/mol. The van der Waals surface area contributed by atoms with Gasteiger partial charge in [-0.1, -0.05) is 17.7 Å². The van der Waals surface area contributed by atoms with Crippen LogP contribution in [-0.4, -0.2) is 27.3 Å². The molecular formula is C16H17ClN2O2S2. The molecule has 0 spiro atoms. The molecule has 4 nitrogen and oxygen atoms in total. The van der Waals surface area contributed by atoms with Gasteiger partial charge in [0.25, 0.3) is 0 Å². The number of nitrogens with zero attached hydrogens (tertiary/aromatic N) is 1. The summed E-state index contributed by atoms with van der Waals surface area (Å²) in [6.07, 6.45) is 0.936. The Morgan fingerprint density at radius 2 is 1.91 bits per heavy atom. The normalized spacial score (nSPS) is 14.1. The fourth-order valence-corrected chi connectivity index (χ4v) is 4.17. The Hall–Kier alpha value is -1.21. The van der Waals surface area contributed by atoms with Gasteiger partial charge in [-0.15, -0.1) is 11.8 Å². The molecule has 1 aliphatic rings. The van der Waals surface area contributed by atoms with Gasteiger partial charge in [-0.3, -0.25) is 0 Å². The topological polar surface area (TPSA) is 63.4 Å². The first-order valence-corrected chi connectivity index (χ1v) is 10.1. The van der Waals surface area contributed by atoms with E-state index in [0.29, 0.717) is 0 Å². The minimum atomic E-state index is -3.66. The molecule has 0 fully saturated rings. The van der Waals surface area contributed by atoms with E-state index in [2.05, 4.69) is 4.90 Å². The molecule has 0 radical (unpaired) electrons. The smallest absolute Gasteiger partial charge is 0.238 e. The quantitative estimate of drug-likeness (QED) is 0.823. The van der Waals surface area contributed by atoms with Crippen LogP contribution >= 0.6 is 23.4 Å². The van der Waals surface area contributed by atoms with E-state index in [1.165, 1.54) is 10.5 Å². The van der Waals surface area contributed by atoms with Gasteiger partial charge in [0.2, 0.25) is 10.0 Å². The van der Waals surface area contributed by atoms with Gasteiger partial charge in [-0.25, -0.2) is 13.6 Å². The molecule has 7 heteroatoms. The molecule has 0 atom stereocenters. The fourth-order valence-electron chi connectivity index (χ4n) is 2.64. The third kappa shape index (κ3) is 4.01. The number of thioether (sulfide) groups is 1. The number of primary sulfonamides is 1. The summed E-state index contributed by atoms with van der Waals surface area (Å²) in [6.45, 7) is 1.76. The Kier molecular flexibility index (Phi) is 4.87. The number of fused-ring (bicyclic) bond motifs is 1. The van der Waals surface area contributed by atoms with Crippen LogP contribution in [0.2, 0.25) is 5.02 Å². The van der Waals surface area contributed by atoms with Crippen LogP contribution in [0.3, 0.4) is 0 Å². The lowest BCUT2D eigenvalue weighted by Crippen LogP contribution is -2.23. The van der Waals surface area contributed by atoms with E-state index >= 15 is 0 Å². The van der Waals surface area contributed by atoms with E-state index in [4.69, 9.17) is 16.7 Å². The molecule has 122 valence electrons. The minimum Gasteiger partial charge on any atom is -0.370 e. The molecule has 0 aromatic heterocycles. The van der Waals surface area contributed by atoms with E-state index < -0.39 is 10.0 Å². The van der Waals surface area contributed by atoms with E-state index in [1.54, 1.807) is 23.9 Å². The van der Waals surface area contributed by atoms with Gasteiger partial charge in [0, 0.05) is 34.4 Å². The highest BCUT2D eigenvalue weighted by Crippen LogP contribution is 2.31. The standard InChI is InChI=1S/C16H17ClN2O2S2/c17-13-2-4-14(5-3-13)22-10-9-19-8-7-12-1-6-15(11-16(12)19)23(18,20)21/h1-6,11H,7-10H2,(H2,18,20,21). The third-order valence-corrected chi connectivity index (χ3v) is 5.98. The molecule has 2 aromatic rings. The summed E-state index contributed by atoms with van der Waals surface area (Å²) in [5.74, 6) is 0.917. The maximum atomic E-state index is 11.5. The van der Waals surface area contributed by atoms with Gasteiger partial charge < -0.3 is 4.90 Å². The van der Waals surface area contributed by atoms with Crippen molar-refractivity contribution in [1.29, 1.82) is 0 Å². The zero-order valence-electron chi connectivity index (χ0n) is 12.4. The molecule has 0 unspecified atom stereocenters. The Morgan fingerprint density at radius 3 is 2.61 bits per heavy atom. The van der Waals surface area contributed by atoms with Crippen LogP contribution in [0.4, 0.5) is 5.69 Å². The first kappa shape index (κ1) is 16.6. The molecule has 1 aliphatic heterocycles. The summed E-state index contributed by atoms with van der Waals surface area (Å²) in [5.41, 5.74) is 2.15. The Morgan fingerprint density at radius 1 is 1.17 bits per heavy atom. The molecule has 2 N–H and O–H groups in total. The second-order valence-electron chi connectivity index (χ2n) is 5.37. The van der Waals surface area contributed by atoms with E-state index in [9.17, 15) is 8.42 Å². The average Bonchev–Trinajstić information content (AvgIpc) is 2.91. The third-order valence-electron chi connectivity index (χ3n) is 3.82. The number of hydrogen-bond donors (Lipinski definition) is 1. The fraction of sp³-hybridized carbons (Fsp3) is 0.250. The van der Waals surface area contributed by atoms with Crippen molar-refractivity contribution < 1.29 is 8.42 Å². The molecule has 0 amide bonds. The number of halogens is 1. The van der Waals surface area contributed by atoms with Crippen molar-refractivity contribution in [1.82, 2.24) is 0 Å². The number of sulfonamides is 1. The highest BCUT2D eigenvalue weighted by molar-refractivity contribution is 7.99. The lowest BCUT2D eigenvalue weighted by Gasteiger charge is -2.19. The van der Waals surface area contributed by atoms with Gasteiger partial charge >= 0.3 is 0 Å². The summed E-state index contributed by atoms with van der Waals surface area (Å²) < 4.78 is 23.0. The van der Waals surface area contributed by atoms with Gasteiger partial charge in [0.1, 0.15) is 0 Å². The SMILES string of the molecule is NS(=O)(=O)c1ccc2c(c1)N(CCSc1ccc(Cl)cc1)CC2. The van der Waals surface area contributed by atoms with Gasteiger partial charge in [0.05, 0.1) is 4.90 Å². The van der Waals surface area contributed by atoms with Crippen molar-refractivity contribution in [2.75, 3.05) is 23.7 Å². The maximum Gasteiger partial charge on any atom is 0.238 e. The highest BCUT2D eigenvalue weighted by atomic mass is 35.5. The van der Waals surface area contributed by atoms with Crippen molar-refractivity contribution in [2.24, 2.45) is 5.14 Å². The van der Waals surface area contributed by atoms with Crippen LogP contribution in [-0.2, 0) is 16.4 Å². The Bertz CT molecular complexity index is 807. The lowest BCUT2D eigenvalue weighted by molar-refractivity contribution is 0.598. The van der Waals surface area contributed by atoms with Crippen LogP contribution in [0, 0.1) is 0 Å². The summed E-state index contributed by atoms with van der Waals surface area (Å²) in [7, 11) is -3.66. The lowest BCUT2D eigenvalue weighted by atomic mass is 10.2. The van der Waals surface area contributed by atoms with Gasteiger partial charge in [0.15, 0.2) is 0 Å². The van der Waals surface area contributed by atoms with Crippen molar-refractivity contribution in [3.05, 3.63) is 53.1 Å². The van der Waals surface area contributed by atoms with Crippen LogP contribution in [0.5, 0.6) is 0 Å². The molecular weight excluding hydrogens is 352 g/mol. The Balaban J connectivity index is 1.66. The number of rotatable bonds is 5. The highest BCUT2D eigenvalue weighted by Gasteiger charge is 2.21. The van der Waals surface area contributed by atoms with Crippen molar-refractivity contribution in [3.8, 4) is 0 Å². The number of hydrogen-bond acceptors (Lipinski definition) is 4. The van der Waals surface area contributed by atoms with Crippen molar-refractivity contribution in [2.45, 2.75) is 16.2 Å². The van der Waals surface area contributed by atoms with Crippen molar-refractivity contribution in [3.63, 3.8) is 0 Å². The molecule has 2 aromatic carbocycles. The molecule has 1 heterocycles. The molecule has 0 saturated carbocycles. The number of benzene rings is 2. The molecule has 0 bridgehead atoms. The van der Waals surface area contributed by atoms with Crippen molar-refractivity contribution >= 4 is 39.1 Å². The average molecular weight is 369 g/mol. The van der Waals surface area contributed by atoms with Crippen LogP contribution in [0.25, 0.3) is 0 Å². The predicted molar refractivity (Wildman–Crippen MR) is 95.9 cm³/mol. The number of nitrogens with two attached hydrogens (primary N) is 1. The van der Waals surface area contributed by atoms with Crippen LogP contribution in [0.1, 0.15) is 5.56 Å². The molecule has 3 rings (SSSR count). The molecule has 0 aliphatic carbocycles. The zero-order valence-corrected chi connectivity index (χ0v) is 14.8. The minimum absolute atomic E-state index is 0.175. The molecule has 0 saturated heterocycles. The van der Waals surface area contributed by atoms with Gasteiger partial charge in [-0.05, 0) is 48.4 Å². The zero-order chi connectivity index (χ0) is 16.4. The summed E-state index contributed by atoms with van der Waals surface area (Å²) >= 11 is 7.64. The summed E-state index contributed by atoms with van der Waals surface area (Å²) in [6, 6.07) is 12.9. The second kappa shape index (κ2) is 6.73. The summed E-state index contributed by atoms with van der Waals surface area (Å²) in [5, 5.41) is 5.96. The first-order chi connectivity index (χ1) is 10.9. The predicted octanol–water partition coefficient (Wildman–Crippen LogP) is 3.14. The first-order valence-electron chi connectivity index (χ1n) is 7.22. The second-order valence-corrected chi connectivity index (χ2v) is 8.54. The largest absolute Gasteiger partial charge is 0.370 e. The van der Waals surface area contributed by atoms with E-state index in [1.807, 2.05) is 30.3 Å². The Labute approximate surface area is 145 Å². The number of anilines is 1. The van der Waals surface area contributed by atoms with Crippen LogP contribution in [0.15, 0.2) is 52.3 Å². The summed E-state index contributed by atoms with van der Waals surface area (Å²) in [4.78, 5) is 3.56. The van der Waals surface area contributed by atoms with Crippen LogP contribution < -0.4 is 10.0 Å². The van der Waals surface area contributed by atoms with E-state index in [0.717, 1.165) is 36.0 Å². The maximum absolute atomic E-state index is 11.5.